The molecule has 5 nitrogen and oxygen atoms in total. The maximum absolute atomic E-state index is 12.8. The number of anilines is 1. The van der Waals surface area contributed by atoms with E-state index in [2.05, 4.69) is 23.3 Å². The highest BCUT2D eigenvalue weighted by molar-refractivity contribution is 7.17. The number of nitrogens with zero attached hydrogens (tertiary/aromatic N) is 1. The van der Waals surface area contributed by atoms with Crippen LogP contribution in [0, 0.1) is 0 Å². The Hall–Kier alpha value is -1.89. The summed E-state index contributed by atoms with van der Waals surface area (Å²) in [4.78, 5) is 28.1. The number of benzene rings is 1. The number of carbonyl (C=O) groups excluding carboxylic acids is 2. The number of likely N-dealkylation sites (N-methyl/N-ethyl adjacent to an activating group) is 1. The molecule has 0 fully saturated rings. The smallest absolute Gasteiger partial charge is 0.256 e. The Kier molecular flexibility index (Phi) is 5.89. The number of nitrogens with two attached hydrogens (primary N) is 1. The summed E-state index contributed by atoms with van der Waals surface area (Å²) in [6.45, 7) is 1.68. The first kappa shape index (κ1) is 19.9. The Bertz CT molecular complexity index is 894. The van der Waals surface area contributed by atoms with E-state index in [9.17, 15) is 9.59 Å². The summed E-state index contributed by atoms with van der Waals surface area (Å²) in [7, 11) is 2.05. The van der Waals surface area contributed by atoms with Gasteiger partial charge < -0.3 is 16.0 Å². The van der Waals surface area contributed by atoms with E-state index < -0.39 is 5.91 Å². The minimum absolute atomic E-state index is 0. The van der Waals surface area contributed by atoms with E-state index in [1.54, 1.807) is 0 Å². The van der Waals surface area contributed by atoms with Crippen molar-refractivity contribution < 1.29 is 9.59 Å². The van der Waals surface area contributed by atoms with Crippen LogP contribution in [0.2, 0.25) is 0 Å². The molecule has 2 aromatic rings. The molecule has 1 aromatic heterocycles. The Morgan fingerprint density at radius 1 is 1.15 bits per heavy atom. The number of hydrogen-bond acceptors (Lipinski definition) is 4. The van der Waals surface area contributed by atoms with E-state index in [4.69, 9.17) is 5.73 Å². The van der Waals surface area contributed by atoms with E-state index >= 15 is 0 Å². The van der Waals surface area contributed by atoms with E-state index in [-0.39, 0.29) is 18.3 Å². The lowest BCUT2D eigenvalue weighted by Gasteiger charge is -2.22. The minimum Gasteiger partial charge on any atom is -0.365 e. The zero-order valence-corrected chi connectivity index (χ0v) is 17.0. The third-order valence-corrected chi connectivity index (χ3v) is 6.46. The molecule has 2 amide bonds. The Morgan fingerprint density at radius 3 is 2.63 bits per heavy atom. The predicted molar refractivity (Wildman–Crippen MR) is 111 cm³/mol. The van der Waals surface area contributed by atoms with Gasteiger partial charge in [-0.05, 0) is 68.0 Å². The van der Waals surface area contributed by atoms with Gasteiger partial charge in [0.2, 0.25) is 0 Å². The predicted octanol–water partition coefficient (Wildman–Crippen LogP) is 3.39. The van der Waals surface area contributed by atoms with Gasteiger partial charge in [-0.25, -0.2) is 0 Å². The number of aryl methyl sites for hydroxylation is 2. The maximum Gasteiger partial charge on any atom is 0.256 e. The highest BCUT2D eigenvalue weighted by atomic mass is 35.5. The van der Waals surface area contributed by atoms with Crippen LogP contribution in [0.15, 0.2) is 18.2 Å². The van der Waals surface area contributed by atoms with Crippen molar-refractivity contribution in [2.24, 2.45) is 5.73 Å². The van der Waals surface area contributed by atoms with E-state index in [1.165, 1.54) is 35.3 Å². The standard InChI is InChI=1S/C20H23N3O2S.ClH/c1-23-9-8-15-16(11-23)26-20(17(15)18(21)24)22-19(25)14-7-6-12-4-2-3-5-13(12)10-14;/h6-7,10H,2-5,8-9,11H2,1H3,(H2,21,24)(H,22,25);1H. The van der Waals surface area contributed by atoms with Crippen LogP contribution in [0.4, 0.5) is 5.00 Å². The molecule has 0 atom stereocenters. The number of amides is 2. The first-order chi connectivity index (χ1) is 12.5. The Balaban J connectivity index is 0.00000210. The lowest BCUT2D eigenvalue weighted by molar-refractivity contribution is 0.1000. The number of halogens is 1. The molecular formula is C20H24ClN3O2S. The molecule has 0 unspecified atom stereocenters. The summed E-state index contributed by atoms with van der Waals surface area (Å²) in [5, 5.41) is 3.53. The molecular weight excluding hydrogens is 382 g/mol. The summed E-state index contributed by atoms with van der Waals surface area (Å²) < 4.78 is 0. The topological polar surface area (TPSA) is 75.4 Å². The summed E-state index contributed by atoms with van der Waals surface area (Å²) in [6, 6.07) is 5.94. The first-order valence-corrected chi connectivity index (χ1v) is 9.90. The maximum atomic E-state index is 12.8. The molecule has 2 heterocycles. The lowest BCUT2D eigenvalue weighted by Crippen LogP contribution is -2.27. The second kappa shape index (κ2) is 8.00. The van der Waals surface area contributed by atoms with Crippen molar-refractivity contribution in [1.82, 2.24) is 4.90 Å². The third-order valence-electron chi connectivity index (χ3n) is 5.33. The van der Waals surface area contributed by atoms with Crippen LogP contribution in [0.1, 0.15) is 55.1 Å². The van der Waals surface area contributed by atoms with Crippen LogP contribution in [-0.2, 0) is 25.8 Å². The van der Waals surface area contributed by atoms with Crippen LogP contribution < -0.4 is 11.1 Å². The Labute approximate surface area is 169 Å². The van der Waals surface area contributed by atoms with Crippen molar-refractivity contribution in [2.45, 2.75) is 38.6 Å². The van der Waals surface area contributed by atoms with Gasteiger partial charge in [0, 0.05) is 23.5 Å². The molecule has 1 aliphatic carbocycles. The molecule has 2 aliphatic rings. The fourth-order valence-electron chi connectivity index (χ4n) is 3.93. The van der Waals surface area contributed by atoms with Crippen LogP contribution in [0.5, 0.6) is 0 Å². The van der Waals surface area contributed by atoms with Crippen molar-refractivity contribution in [3.63, 3.8) is 0 Å². The molecule has 0 spiro atoms. The van der Waals surface area contributed by atoms with Gasteiger partial charge >= 0.3 is 0 Å². The van der Waals surface area contributed by atoms with Crippen LogP contribution in [0.3, 0.4) is 0 Å². The van der Waals surface area contributed by atoms with Gasteiger partial charge in [0.1, 0.15) is 5.00 Å². The number of carbonyl (C=O) groups is 2. The van der Waals surface area contributed by atoms with Crippen LogP contribution >= 0.6 is 23.7 Å². The van der Waals surface area contributed by atoms with Crippen molar-refractivity contribution >= 4 is 40.6 Å². The van der Waals surface area contributed by atoms with E-state index in [0.29, 0.717) is 16.1 Å². The molecule has 1 aliphatic heterocycles. The summed E-state index contributed by atoms with van der Waals surface area (Å²) in [5.74, 6) is -0.638. The zero-order valence-electron chi connectivity index (χ0n) is 15.3. The van der Waals surface area contributed by atoms with Gasteiger partial charge in [-0.2, -0.15) is 0 Å². The molecule has 7 heteroatoms. The van der Waals surface area contributed by atoms with E-state index in [0.717, 1.165) is 42.8 Å². The number of primary amides is 1. The van der Waals surface area contributed by atoms with Gasteiger partial charge in [-0.3, -0.25) is 9.59 Å². The highest BCUT2D eigenvalue weighted by Crippen LogP contribution is 2.37. The van der Waals surface area contributed by atoms with Crippen LogP contribution in [0.25, 0.3) is 0 Å². The first-order valence-electron chi connectivity index (χ1n) is 9.09. The molecule has 0 bridgehead atoms. The second-order valence-electron chi connectivity index (χ2n) is 7.20. The summed E-state index contributed by atoms with van der Waals surface area (Å²) in [6.07, 6.45) is 5.30. The molecule has 1 aromatic carbocycles. The molecule has 3 N–H and O–H groups in total. The normalized spacial score (nSPS) is 16.0. The lowest BCUT2D eigenvalue weighted by atomic mass is 9.90. The monoisotopic (exact) mass is 405 g/mol. The molecule has 0 radical (unpaired) electrons. The average molecular weight is 406 g/mol. The number of thiophene rings is 1. The van der Waals surface area contributed by atoms with Crippen molar-refractivity contribution in [1.29, 1.82) is 0 Å². The fraction of sp³-hybridized carbons (Fsp3) is 0.400. The van der Waals surface area contributed by atoms with Crippen molar-refractivity contribution in [3.8, 4) is 0 Å². The summed E-state index contributed by atoms with van der Waals surface area (Å²) in [5.41, 5.74) is 10.4. The zero-order chi connectivity index (χ0) is 18.3. The fourth-order valence-corrected chi connectivity index (χ4v) is 5.26. The molecule has 0 saturated heterocycles. The average Bonchev–Trinajstić information content (AvgIpc) is 2.98. The number of hydrogen-bond donors (Lipinski definition) is 2. The highest BCUT2D eigenvalue weighted by Gasteiger charge is 2.27. The second-order valence-corrected chi connectivity index (χ2v) is 8.31. The molecule has 4 rings (SSSR count). The van der Waals surface area contributed by atoms with E-state index in [1.807, 2.05) is 12.1 Å². The van der Waals surface area contributed by atoms with Gasteiger partial charge in [0.15, 0.2) is 0 Å². The van der Waals surface area contributed by atoms with Crippen molar-refractivity contribution in [3.05, 3.63) is 50.9 Å². The third kappa shape index (κ3) is 3.88. The number of nitrogens with one attached hydrogen (secondary N) is 1. The van der Waals surface area contributed by atoms with Crippen molar-refractivity contribution in [2.75, 3.05) is 18.9 Å². The SMILES string of the molecule is CN1CCc2c(sc(NC(=O)c3ccc4c(c3)CCCC4)c2C(N)=O)C1.Cl. The van der Waals surface area contributed by atoms with Gasteiger partial charge in [0.05, 0.1) is 5.56 Å². The molecule has 0 saturated carbocycles. The van der Waals surface area contributed by atoms with Crippen LogP contribution in [-0.4, -0.2) is 30.3 Å². The van der Waals surface area contributed by atoms with Gasteiger partial charge in [-0.15, -0.1) is 23.7 Å². The number of rotatable bonds is 3. The summed E-state index contributed by atoms with van der Waals surface area (Å²) >= 11 is 1.47. The quantitative estimate of drug-likeness (QED) is 0.821. The Morgan fingerprint density at radius 2 is 1.89 bits per heavy atom. The molecule has 144 valence electrons. The largest absolute Gasteiger partial charge is 0.365 e. The molecule has 27 heavy (non-hydrogen) atoms. The number of fused-ring (bicyclic) bond motifs is 2. The van der Waals surface area contributed by atoms with Gasteiger partial charge in [0.25, 0.3) is 11.8 Å². The van der Waals surface area contributed by atoms with Gasteiger partial charge in [-0.1, -0.05) is 6.07 Å². The minimum atomic E-state index is -0.465.